The van der Waals surface area contributed by atoms with Crippen LogP contribution in [-0.4, -0.2) is 44.8 Å². The highest BCUT2D eigenvalue weighted by atomic mass is 16.5. The molecule has 0 aliphatic heterocycles. The van der Waals surface area contributed by atoms with Gasteiger partial charge in [-0.25, -0.2) is 0 Å². The van der Waals surface area contributed by atoms with Gasteiger partial charge in [0.15, 0.2) is 0 Å². The van der Waals surface area contributed by atoms with Crippen molar-refractivity contribution < 1.29 is 19.1 Å². The van der Waals surface area contributed by atoms with Crippen LogP contribution in [0.5, 0.6) is 0 Å². The van der Waals surface area contributed by atoms with E-state index in [2.05, 4.69) is 5.32 Å². The lowest BCUT2D eigenvalue weighted by Gasteiger charge is -2.17. The van der Waals surface area contributed by atoms with E-state index >= 15 is 0 Å². The molecule has 2 amide bonds. The molecule has 0 aromatic heterocycles. The minimum Gasteiger partial charge on any atom is -0.382 e. The first-order valence-corrected chi connectivity index (χ1v) is 5.62. The maximum Gasteiger partial charge on any atom is 0.246 e. The smallest absolute Gasteiger partial charge is 0.246 e. The topological polar surface area (TPSA) is 90.7 Å². The molecule has 0 bridgehead atoms. The summed E-state index contributed by atoms with van der Waals surface area (Å²) >= 11 is 0. The summed E-state index contributed by atoms with van der Waals surface area (Å²) in [5.74, 6) is -0.586. The first kappa shape index (κ1) is 15.9. The summed E-state index contributed by atoms with van der Waals surface area (Å²) in [7, 11) is 1.55. The predicted molar refractivity (Wildman–Crippen MR) is 63.3 cm³/mol. The highest BCUT2D eigenvalue weighted by molar-refractivity contribution is 5.86. The van der Waals surface area contributed by atoms with Crippen molar-refractivity contribution in [3.8, 4) is 0 Å². The second-order valence-electron chi connectivity index (χ2n) is 4.20. The minimum absolute atomic E-state index is 0.0920. The van der Waals surface area contributed by atoms with E-state index in [0.717, 1.165) is 0 Å². The first-order chi connectivity index (χ1) is 7.97. The van der Waals surface area contributed by atoms with Gasteiger partial charge in [0.05, 0.1) is 13.2 Å². The van der Waals surface area contributed by atoms with Crippen molar-refractivity contribution in [2.75, 3.05) is 26.9 Å². The van der Waals surface area contributed by atoms with E-state index in [-0.39, 0.29) is 18.4 Å². The lowest BCUT2D eigenvalue weighted by atomic mass is 10.0. The predicted octanol–water partition coefficient (Wildman–Crippen LogP) is -0.334. The number of carbonyl (C=O) groups is 2. The van der Waals surface area contributed by atoms with Crippen LogP contribution in [0.1, 0.15) is 20.3 Å². The Morgan fingerprint density at radius 1 is 1.29 bits per heavy atom. The molecule has 100 valence electrons. The van der Waals surface area contributed by atoms with Crippen LogP contribution in [-0.2, 0) is 19.1 Å². The van der Waals surface area contributed by atoms with Gasteiger partial charge in [0.25, 0.3) is 0 Å². The zero-order valence-corrected chi connectivity index (χ0v) is 10.7. The van der Waals surface area contributed by atoms with Crippen molar-refractivity contribution in [1.82, 2.24) is 5.32 Å². The Hall–Kier alpha value is -1.14. The van der Waals surface area contributed by atoms with Gasteiger partial charge in [-0.15, -0.1) is 0 Å². The average molecular weight is 246 g/mol. The largest absolute Gasteiger partial charge is 0.382 e. The second kappa shape index (κ2) is 8.95. The first-order valence-electron chi connectivity index (χ1n) is 5.62. The van der Waals surface area contributed by atoms with Crippen molar-refractivity contribution in [1.29, 1.82) is 0 Å². The third-order valence-corrected chi connectivity index (χ3v) is 2.05. The van der Waals surface area contributed by atoms with Crippen LogP contribution in [0, 0.1) is 5.92 Å². The highest BCUT2D eigenvalue weighted by Gasteiger charge is 2.18. The molecule has 0 saturated carbocycles. The molecule has 1 atom stereocenters. The summed E-state index contributed by atoms with van der Waals surface area (Å²) in [6.07, 6.45) is 0.527. The molecule has 0 radical (unpaired) electrons. The second-order valence-corrected chi connectivity index (χ2v) is 4.20. The van der Waals surface area contributed by atoms with E-state index in [1.165, 1.54) is 0 Å². The molecule has 0 rings (SSSR count). The van der Waals surface area contributed by atoms with Crippen molar-refractivity contribution in [3.63, 3.8) is 0 Å². The maximum absolute atomic E-state index is 11.4. The Labute approximate surface area is 102 Å². The quantitative estimate of drug-likeness (QED) is 0.545. The molecule has 6 nitrogen and oxygen atoms in total. The zero-order chi connectivity index (χ0) is 13.3. The van der Waals surface area contributed by atoms with Gasteiger partial charge in [-0.3, -0.25) is 9.59 Å². The van der Waals surface area contributed by atoms with Crippen molar-refractivity contribution in [3.05, 3.63) is 0 Å². The monoisotopic (exact) mass is 246 g/mol. The molecule has 0 aromatic rings. The molecule has 0 unspecified atom stereocenters. The van der Waals surface area contributed by atoms with Gasteiger partial charge in [0.1, 0.15) is 12.6 Å². The molecule has 0 saturated heterocycles. The summed E-state index contributed by atoms with van der Waals surface area (Å²) in [5.41, 5.74) is 5.20. The number of nitrogens with one attached hydrogen (secondary N) is 1. The molecule has 0 heterocycles. The fraction of sp³-hybridized carbons (Fsp3) is 0.818. The Kier molecular flexibility index (Phi) is 8.35. The SMILES string of the molecule is COCCOCC(=O)N[C@H](CC(C)C)C(N)=O. The minimum atomic E-state index is -0.631. The lowest BCUT2D eigenvalue weighted by Crippen LogP contribution is -2.46. The molecule has 17 heavy (non-hydrogen) atoms. The molecular formula is C11H22N2O4. The van der Waals surface area contributed by atoms with Crippen molar-refractivity contribution in [2.24, 2.45) is 11.7 Å². The molecule has 0 aliphatic rings. The lowest BCUT2D eigenvalue weighted by molar-refractivity contribution is -0.131. The summed E-state index contributed by atoms with van der Waals surface area (Å²) in [5, 5.41) is 2.55. The summed E-state index contributed by atoms with van der Waals surface area (Å²) in [6, 6.07) is -0.631. The number of hydrogen-bond donors (Lipinski definition) is 2. The van der Waals surface area contributed by atoms with Crippen LogP contribution >= 0.6 is 0 Å². The third-order valence-electron chi connectivity index (χ3n) is 2.05. The fourth-order valence-electron chi connectivity index (χ4n) is 1.26. The van der Waals surface area contributed by atoms with E-state index in [1.807, 2.05) is 13.8 Å². The average Bonchev–Trinajstić information content (AvgIpc) is 2.22. The molecule has 0 aliphatic carbocycles. The van der Waals surface area contributed by atoms with Gasteiger partial charge in [0, 0.05) is 7.11 Å². The summed E-state index contributed by atoms with van der Waals surface area (Å²) < 4.78 is 9.80. The van der Waals surface area contributed by atoms with E-state index in [4.69, 9.17) is 15.2 Å². The van der Waals surface area contributed by atoms with Crippen LogP contribution < -0.4 is 11.1 Å². The normalized spacial score (nSPS) is 12.5. The van der Waals surface area contributed by atoms with E-state index < -0.39 is 11.9 Å². The molecule has 0 spiro atoms. The summed E-state index contributed by atoms with van der Waals surface area (Å²) in [4.78, 5) is 22.5. The Morgan fingerprint density at radius 2 is 1.94 bits per heavy atom. The van der Waals surface area contributed by atoms with Gasteiger partial charge < -0.3 is 20.5 Å². The van der Waals surface area contributed by atoms with Crippen LogP contribution in [0.15, 0.2) is 0 Å². The zero-order valence-electron chi connectivity index (χ0n) is 10.7. The standard InChI is InChI=1S/C11H22N2O4/c1-8(2)6-9(11(12)15)13-10(14)7-17-5-4-16-3/h8-9H,4-7H2,1-3H3,(H2,12,15)(H,13,14)/t9-/m1/s1. The fourth-order valence-corrected chi connectivity index (χ4v) is 1.26. The number of primary amides is 1. The highest BCUT2D eigenvalue weighted by Crippen LogP contribution is 2.04. The van der Waals surface area contributed by atoms with Gasteiger partial charge in [-0.05, 0) is 12.3 Å². The third kappa shape index (κ3) is 8.65. The number of methoxy groups -OCH3 is 1. The number of amides is 2. The van der Waals surface area contributed by atoms with Crippen molar-refractivity contribution >= 4 is 11.8 Å². The molecular weight excluding hydrogens is 224 g/mol. The Balaban J connectivity index is 3.91. The molecule has 6 heteroatoms. The van der Waals surface area contributed by atoms with E-state index in [0.29, 0.717) is 19.6 Å². The maximum atomic E-state index is 11.4. The van der Waals surface area contributed by atoms with Gasteiger partial charge in [-0.1, -0.05) is 13.8 Å². The van der Waals surface area contributed by atoms with Crippen LogP contribution in [0.4, 0.5) is 0 Å². The number of rotatable bonds is 9. The van der Waals surface area contributed by atoms with Crippen LogP contribution in [0.2, 0.25) is 0 Å². The number of ether oxygens (including phenoxy) is 2. The Morgan fingerprint density at radius 3 is 2.41 bits per heavy atom. The number of hydrogen-bond acceptors (Lipinski definition) is 4. The van der Waals surface area contributed by atoms with Gasteiger partial charge in [0.2, 0.25) is 11.8 Å². The molecule has 0 fully saturated rings. The Bertz CT molecular complexity index is 244. The van der Waals surface area contributed by atoms with E-state index in [9.17, 15) is 9.59 Å². The molecule has 3 N–H and O–H groups in total. The van der Waals surface area contributed by atoms with E-state index in [1.54, 1.807) is 7.11 Å². The number of carbonyl (C=O) groups excluding carboxylic acids is 2. The van der Waals surface area contributed by atoms with Gasteiger partial charge in [-0.2, -0.15) is 0 Å². The van der Waals surface area contributed by atoms with Crippen LogP contribution in [0.25, 0.3) is 0 Å². The summed E-state index contributed by atoms with van der Waals surface area (Å²) in [6.45, 7) is 4.59. The molecule has 0 aromatic carbocycles. The van der Waals surface area contributed by atoms with Gasteiger partial charge >= 0.3 is 0 Å². The van der Waals surface area contributed by atoms with Crippen LogP contribution in [0.3, 0.4) is 0 Å². The van der Waals surface area contributed by atoms with Crippen molar-refractivity contribution in [2.45, 2.75) is 26.3 Å². The number of nitrogens with two attached hydrogens (primary N) is 1.